The van der Waals surface area contributed by atoms with Gasteiger partial charge in [0.1, 0.15) is 0 Å². The second-order valence-corrected chi connectivity index (χ2v) is 5.17. The van der Waals surface area contributed by atoms with E-state index in [0.29, 0.717) is 0 Å². The SMILES string of the molecule is C=C/C=C\C=C(/C=C)C(=C)CCc1ccccc1C.C=CCC. The van der Waals surface area contributed by atoms with E-state index in [1.54, 1.807) is 6.08 Å². The number of benzene rings is 1. The minimum Gasteiger partial charge on any atom is -0.103 e. The summed E-state index contributed by atoms with van der Waals surface area (Å²) >= 11 is 0. The number of rotatable bonds is 8. The number of hydrogen-bond acceptors (Lipinski definition) is 0. The lowest BCUT2D eigenvalue weighted by Crippen LogP contribution is -1.93. The molecule has 1 aromatic carbocycles. The zero-order valence-corrected chi connectivity index (χ0v) is 14.7. The van der Waals surface area contributed by atoms with E-state index in [1.807, 2.05) is 30.4 Å². The van der Waals surface area contributed by atoms with Gasteiger partial charge in [-0.1, -0.05) is 87.4 Å². The fourth-order valence-corrected chi connectivity index (χ4v) is 1.89. The van der Waals surface area contributed by atoms with Gasteiger partial charge in [-0.05, 0) is 48.5 Å². The molecule has 0 unspecified atom stereocenters. The Labute approximate surface area is 143 Å². The molecule has 23 heavy (non-hydrogen) atoms. The second kappa shape index (κ2) is 13.3. The van der Waals surface area contributed by atoms with Crippen molar-refractivity contribution >= 4 is 0 Å². The number of hydrogen-bond donors (Lipinski definition) is 0. The highest BCUT2D eigenvalue weighted by Gasteiger charge is 2.01. The van der Waals surface area contributed by atoms with Crippen LogP contribution >= 0.6 is 0 Å². The molecular formula is C23H30. The third-order valence-corrected chi connectivity index (χ3v) is 3.40. The van der Waals surface area contributed by atoms with Crippen molar-refractivity contribution in [2.75, 3.05) is 0 Å². The first-order valence-corrected chi connectivity index (χ1v) is 8.06. The van der Waals surface area contributed by atoms with Gasteiger partial charge in [-0.15, -0.1) is 6.58 Å². The number of allylic oxidation sites excluding steroid dienone is 8. The molecule has 0 saturated heterocycles. The van der Waals surface area contributed by atoms with Gasteiger partial charge in [-0.25, -0.2) is 0 Å². The molecule has 0 atom stereocenters. The molecule has 1 aromatic rings. The summed E-state index contributed by atoms with van der Waals surface area (Å²) in [5.74, 6) is 0. The van der Waals surface area contributed by atoms with E-state index in [2.05, 4.69) is 64.4 Å². The van der Waals surface area contributed by atoms with Crippen molar-refractivity contribution < 1.29 is 0 Å². The molecule has 0 spiro atoms. The van der Waals surface area contributed by atoms with E-state index < -0.39 is 0 Å². The zero-order valence-electron chi connectivity index (χ0n) is 14.7. The van der Waals surface area contributed by atoms with Gasteiger partial charge in [-0.3, -0.25) is 0 Å². The summed E-state index contributed by atoms with van der Waals surface area (Å²) in [5, 5.41) is 0. The average Bonchev–Trinajstić information content (AvgIpc) is 2.58. The highest BCUT2D eigenvalue weighted by Crippen LogP contribution is 2.18. The molecule has 0 nitrogen and oxygen atoms in total. The van der Waals surface area contributed by atoms with E-state index >= 15 is 0 Å². The Kier molecular flexibility index (Phi) is 12.0. The minimum atomic E-state index is 0.949. The van der Waals surface area contributed by atoms with Crippen LogP contribution in [0.4, 0.5) is 0 Å². The van der Waals surface area contributed by atoms with Crippen molar-refractivity contribution in [1.29, 1.82) is 0 Å². The van der Waals surface area contributed by atoms with Crippen molar-refractivity contribution in [3.05, 3.63) is 109 Å². The van der Waals surface area contributed by atoms with Crippen LogP contribution in [0.1, 0.15) is 30.9 Å². The van der Waals surface area contributed by atoms with Gasteiger partial charge >= 0.3 is 0 Å². The standard InChI is InChI=1S/C19H22.C4H8/c1-5-7-8-12-18(6-2)17(4)14-15-19-13-10-9-11-16(19)3;1-3-4-2/h5-13H,1-2,4,14-15H2,3H3;3H,1,4H2,2H3/b8-7-,18-12+;. The molecule has 0 radical (unpaired) electrons. The predicted octanol–water partition coefficient (Wildman–Crippen LogP) is 6.92. The fourth-order valence-electron chi connectivity index (χ4n) is 1.89. The van der Waals surface area contributed by atoms with Gasteiger partial charge in [0, 0.05) is 0 Å². The molecule has 0 N–H and O–H groups in total. The van der Waals surface area contributed by atoms with Crippen LogP contribution < -0.4 is 0 Å². The van der Waals surface area contributed by atoms with E-state index in [1.165, 1.54) is 11.1 Å². The molecule has 0 saturated carbocycles. The van der Waals surface area contributed by atoms with E-state index in [0.717, 1.165) is 30.4 Å². The molecule has 0 heterocycles. The first-order valence-electron chi connectivity index (χ1n) is 8.06. The Morgan fingerprint density at radius 3 is 2.26 bits per heavy atom. The van der Waals surface area contributed by atoms with E-state index in [9.17, 15) is 0 Å². The maximum absolute atomic E-state index is 4.15. The normalized spacial score (nSPS) is 10.6. The summed E-state index contributed by atoms with van der Waals surface area (Å²) in [6.07, 6.45) is 14.4. The maximum atomic E-state index is 4.15. The molecule has 1 rings (SSSR count). The van der Waals surface area contributed by atoms with Crippen LogP contribution in [0.3, 0.4) is 0 Å². The van der Waals surface area contributed by atoms with Crippen LogP contribution in [0.15, 0.2) is 98.2 Å². The highest BCUT2D eigenvalue weighted by molar-refractivity contribution is 5.40. The Bertz CT molecular complexity index is 567. The van der Waals surface area contributed by atoms with Gasteiger partial charge in [0.05, 0.1) is 0 Å². The summed E-state index contributed by atoms with van der Waals surface area (Å²) in [4.78, 5) is 0. The summed E-state index contributed by atoms with van der Waals surface area (Å²) in [5.41, 5.74) is 4.93. The Morgan fingerprint density at radius 1 is 1.09 bits per heavy atom. The van der Waals surface area contributed by atoms with Gasteiger partial charge < -0.3 is 0 Å². The maximum Gasteiger partial charge on any atom is -0.0236 e. The lowest BCUT2D eigenvalue weighted by atomic mass is 9.97. The van der Waals surface area contributed by atoms with Gasteiger partial charge in [0.15, 0.2) is 0 Å². The van der Waals surface area contributed by atoms with Crippen molar-refractivity contribution in [1.82, 2.24) is 0 Å². The van der Waals surface area contributed by atoms with Crippen LogP contribution in [-0.4, -0.2) is 0 Å². The summed E-state index contributed by atoms with van der Waals surface area (Å²) in [7, 11) is 0. The molecule has 122 valence electrons. The molecule has 0 amide bonds. The van der Waals surface area contributed by atoms with E-state index in [-0.39, 0.29) is 0 Å². The fraction of sp³-hybridized carbons (Fsp3) is 0.217. The Morgan fingerprint density at radius 2 is 1.74 bits per heavy atom. The molecule has 0 bridgehead atoms. The lowest BCUT2D eigenvalue weighted by molar-refractivity contribution is 0.948. The topological polar surface area (TPSA) is 0 Å². The van der Waals surface area contributed by atoms with Crippen LogP contribution in [0, 0.1) is 6.92 Å². The van der Waals surface area contributed by atoms with E-state index in [4.69, 9.17) is 0 Å². The quantitative estimate of drug-likeness (QED) is 0.361. The molecule has 0 aliphatic heterocycles. The monoisotopic (exact) mass is 306 g/mol. The van der Waals surface area contributed by atoms with Crippen molar-refractivity contribution in [2.45, 2.75) is 33.1 Å². The van der Waals surface area contributed by atoms with Crippen LogP contribution in [0.25, 0.3) is 0 Å². The smallest absolute Gasteiger partial charge is 0.0236 e. The third-order valence-electron chi connectivity index (χ3n) is 3.40. The molecule has 0 aromatic heterocycles. The van der Waals surface area contributed by atoms with Crippen molar-refractivity contribution in [3.63, 3.8) is 0 Å². The average molecular weight is 306 g/mol. The van der Waals surface area contributed by atoms with Crippen LogP contribution in [0.2, 0.25) is 0 Å². The minimum absolute atomic E-state index is 0.949. The lowest BCUT2D eigenvalue weighted by Gasteiger charge is -2.08. The summed E-state index contributed by atoms with van der Waals surface area (Å²) in [6, 6.07) is 8.48. The number of aryl methyl sites for hydroxylation is 2. The predicted molar refractivity (Wildman–Crippen MR) is 107 cm³/mol. The highest BCUT2D eigenvalue weighted by atomic mass is 14.1. The zero-order chi connectivity index (χ0) is 17.5. The third kappa shape index (κ3) is 9.31. The largest absolute Gasteiger partial charge is 0.103 e. The second-order valence-electron chi connectivity index (χ2n) is 5.17. The molecule has 0 fully saturated rings. The van der Waals surface area contributed by atoms with Crippen molar-refractivity contribution in [3.8, 4) is 0 Å². The van der Waals surface area contributed by atoms with Crippen LogP contribution in [0.5, 0.6) is 0 Å². The Hall–Kier alpha value is -2.34. The Balaban J connectivity index is 0.00000108. The molecule has 0 heteroatoms. The first kappa shape index (κ1) is 20.7. The molecular weight excluding hydrogens is 276 g/mol. The van der Waals surface area contributed by atoms with Crippen molar-refractivity contribution in [2.24, 2.45) is 0 Å². The molecule has 0 aliphatic rings. The molecule has 0 aliphatic carbocycles. The first-order chi connectivity index (χ1) is 11.1. The van der Waals surface area contributed by atoms with Crippen LogP contribution in [-0.2, 0) is 6.42 Å². The summed E-state index contributed by atoms with van der Waals surface area (Å²) < 4.78 is 0. The van der Waals surface area contributed by atoms with Gasteiger partial charge in [0.25, 0.3) is 0 Å². The van der Waals surface area contributed by atoms with Gasteiger partial charge in [0.2, 0.25) is 0 Å². The summed E-state index contributed by atoms with van der Waals surface area (Å²) in [6.45, 7) is 19.3. The van der Waals surface area contributed by atoms with Gasteiger partial charge in [-0.2, -0.15) is 0 Å².